The van der Waals surface area contributed by atoms with Gasteiger partial charge in [0.05, 0.1) is 25.2 Å². The lowest BCUT2D eigenvalue weighted by Crippen LogP contribution is -2.25. The van der Waals surface area contributed by atoms with E-state index in [0.717, 1.165) is 11.1 Å². The van der Waals surface area contributed by atoms with Crippen molar-refractivity contribution in [3.63, 3.8) is 0 Å². The van der Waals surface area contributed by atoms with Crippen LogP contribution in [0, 0.1) is 17.8 Å². The summed E-state index contributed by atoms with van der Waals surface area (Å²) in [6, 6.07) is 1.80. The van der Waals surface area contributed by atoms with Gasteiger partial charge in [-0.05, 0) is 11.6 Å². The van der Waals surface area contributed by atoms with Crippen LogP contribution in [0.15, 0.2) is 18.5 Å². The van der Waals surface area contributed by atoms with Crippen LogP contribution >= 0.6 is 0 Å². The fourth-order valence-electron chi connectivity index (χ4n) is 1.79. The van der Waals surface area contributed by atoms with Gasteiger partial charge in [-0.1, -0.05) is 11.8 Å². The maximum Gasteiger partial charge on any atom is 0.407 e. The fraction of sp³-hybridized carbons (Fsp3) is 0.385. The molecule has 18 heavy (non-hydrogen) atoms. The predicted molar refractivity (Wildman–Crippen MR) is 62.6 cm³/mol. The molecule has 1 aromatic rings. The molecule has 2 fully saturated rings. The fourth-order valence-corrected chi connectivity index (χ4v) is 1.79. The van der Waals surface area contributed by atoms with Crippen molar-refractivity contribution < 1.29 is 14.3 Å². The molecule has 5 nitrogen and oxygen atoms in total. The molecule has 0 bridgehead atoms. The molecule has 2 aliphatic rings. The molecule has 0 spiro atoms. The van der Waals surface area contributed by atoms with E-state index >= 15 is 0 Å². The molecule has 1 atom stereocenters. The van der Waals surface area contributed by atoms with Crippen molar-refractivity contribution in [2.45, 2.75) is 6.04 Å². The molecule has 0 aromatic carbocycles. The number of carbonyl (C=O) groups is 1. The summed E-state index contributed by atoms with van der Waals surface area (Å²) in [5, 5.41) is 2.72. The van der Waals surface area contributed by atoms with Gasteiger partial charge in [-0.3, -0.25) is 4.98 Å². The van der Waals surface area contributed by atoms with Crippen molar-refractivity contribution in [1.29, 1.82) is 0 Å². The van der Waals surface area contributed by atoms with Gasteiger partial charge in [-0.25, -0.2) is 4.79 Å². The Labute approximate surface area is 104 Å². The molecule has 3 rings (SSSR count). The van der Waals surface area contributed by atoms with E-state index in [9.17, 15) is 4.79 Å². The minimum Gasteiger partial charge on any atom is -0.447 e. The second kappa shape index (κ2) is 4.67. The number of rotatable bonds is 1. The molecule has 1 unspecified atom stereocenters. The van der Waals surface area contributed by atoms with Crippen molar-refractivity contribution in [2.75, 3.05) is 19.8 Å². The smallest absolute Gasteiger partial charge is 0.407 e. The summed E-state index contributed by atoms with van der Waals surface area (Å²) in [6.45, 7) is 1.77. The largest absolute Gasteiger partial charge is 0.447 e. The number of amides is 1. The molecule has 92 valence electrons. The van der Waals surface area contributed by atoms with Crippen molar-refractivity contribution in [1.82, 2.24) is 10.3 Å². The summed E-state index contributed by atoms with van der Waals surface area (Å²) in [4.78, 5) is 15.1. The monoisotopic (exact) mass is 244 g/mol. The van der Waals surface area contributed by atoms with E-state index in [2.05, 4.69) is 22.1 Å². The number of hydrogen-bond donors (Lipinski definition) is 1. The minimum atomic E-state index is -0.386. The van der Waals surface area contributed by atoms with Crippen LogP contribution in [0.3, 0.4) is 0 Å². The Kier molecular flexibility index (Phi) is 2.87. The zero-order valence-electron chi connectivity index (χ0n) is 9.68. The van der Waals surface area contributed by atoms with Crippen LogP contribution in [0.4, 0.5) is 4.79 Å². The highest BCUT2D eigenvalue weighted by atomic mass is 16.6. The molecular formula is C13H12N2O3. The third kappa shape index (κ3) is 2.29. The van der Waals surface area contributed by atoms with Crippen LogP contribution in [-0.2, 0) is 9.47 Å². The Morgan fingerprint density at radius 1 is 1.33 bits per heavy atom. The number of pyridine rings is 1. The lowest BCUT2D eigenvalue weighted by atomic mass is 10.1. The minimum absolute atomic E-state index is 0.126. The molecule has 3 heterocycles. The first-order valence-electron chi connectivity index (χ1n) is 5.79. The van der Waals surface area contributed by atoms with Gasteiger partial charge < -0.3 is 14.8 Å². The van der Waals surface area contributed by atoms with Gasteiger partial charge in [0.15, 0.2) is 0 Å². The van der Waals surface area contributed by atoms with Crippen molar-refractivity contribution in [3.8, 4) is 11.8 Å². The van der Waals surface area contributed by atoms with Crippen molar-refractivity contribution in [2.24, 2.45) is 5.92 Å². The van der Waals surface area contributed by atoms with Gasteiger partial charge in [0.2, 0.25) is 0 Å². The molecule has 0 radical (unpaired) electrons. The Morgan fingerprint density at radius 2 is 2.22 bits per heavy atom. The van der Waals surface area contributed by atoms with Crippen LogP contribution in [0.2, 0.25) is 0 Å². The molecule has 5 heteroatoms. The third-order valence-corrected chi connectivity index (χ3v) is 2.89. The predicted octanol–water partition coefficient (Wildman–Crippen LogP) is 0.860. The summed E-state index contributed by atoms with van der Waals surface area (Å²) in [6.07, 6.45) is 3.05. The van der Waals surface area contributed by atoms with E-state index in [-0.39, 0.29) is 12.1 Å². The maximum absolute atomic E-state index is 11.0. The van der Waals surface area contributed by atoms with Crippen LogP contribution in [0.1, 0.15) is 17.2 Å². The van der Waals surface area contributed by atoms with Crippen LogP contribution in [0.5, 0.6) is 0 Å². The normalized spacial score (nSPS) is 22.4. The lowest BCUT2D eigenvalue weighted by Gasteiger charge is -2.19. The quantitative estimate of drug-likeness (QED) is 0.744. The van der Waals surface area contributed by atoms with Gasteiger partial charge >= 0.3 is 6.09 Å². The Bertz CT molecular complexity index is 529. The zero-order chi connectivity index (χ0) is 12.4. The van der Waals surface area contributed by atoms with E-state index in [0.29, 0.717) is 25.7 Å². The molecular weight excluding hydrogens is 232 g/mol. The average Bonchev–Trinajstić information content (AvgIpc) is 2.74. The van der Waals surface area contributed by atoms with Gasteiger partial charge in [0.25, 0.3) is 0 Å². The van der Waals surface area contributed by atoms with E-state index in [4.69, 9.17) is 9.47 Å². The molecule has 1 amide bonds. The summed E-state index contributed by atoms with van der Waals surface area (Å²) >= 11 is 0. The topological polar surface area (TPSA) is 60.5 Å². The average molecular weight is 244 g/mol. The summed E-state index contributed by atoms with van der Waals surface area (Å²) in [5.41, 5.74) is 1.76. The number of nitrogens with one attached hydrogen (secondary N) is 1. The standard InChI is InChI=1S/C13H12N2O3/c16-13-15-12(8-18-13)11-3-9(4-14-5-11)1-2-10-6-17-7-10/h3-5,10,12H,6-8H2,(H,15,16). The number of ether oxygens (including phenoxy) is 2. The van der Waals surface area contributed by atoms with Gasteiger partial charge in [0.1, 0.15) is 6.61 Å². The highest BCUT2D eigenvalue weighted by molar-refractivity contribution is 5.70. The lowest BCUT2D eigenvalue weighted by molar-refractivity contribution is -0.00300. The zero-order valence-corrected chi connectivity index (χ0v) is 9.68. The number of nitrogens with zero attached hydrogens (tertiary/aromatic N) is 1. The molecule has 2 saturated heterocycles. The number of alkyl carbamates (subject to hydrolysis) is 1. The second-order valence-corrected chi connectivity index (χ2v) is 4.31. The second-order valence-electron chi connectivity index (χ2n) is 4.31. The number of hydrogen-bond acceptors (Lipinski definition) is 4. The van der Waals surface area contributed by atoms with Crippen LogP contribution in [0.25, 0.3) is 0 Å². The van der Waals surface area contributed by atoms with Crippen LogP contribution < -0.4 is 5.32 Å². The van der Waals surface area contributed by atoms with E-state index in [1.165, 1.54) is 0 Å². The maximum atomic E-state index is 11.0. The first-order valence-corrected chi connectivity index (χ1v) is 5.79. The highest BCUT2D eigenvalue weighted by Crippen LogP contribution is 2.18. The number of cyclic esters (lactones) is 1. The van der Waals surface area contributed by atoms with Crippen LogP contribution in [-0.4, -0.2) is 30.9 Å². The van der Waals surface area contributed by atoms with E-state index in [1.54, 1.807) is 12.4 Å². The van der Waals surface area contributed by atoms with E-state index in [1.807, 2.05) is 6.07 Å². The van der Waals surface area contributed by atoms with Gasteiger partial charge in [-0.15, -0.1) is 0 Å². The Morgan fingerprint density at radius 3 is 2.89 bits per heavy atom. The summed E-state index contributed by atoms with van der Waals surface area (Å²) < 4.78 is 9.91. The SMILES string of the molecule is O=C1NC(c2cncc(C#CC3COC3)c2)CO1. The number of aromatic nitrogens is 1. The third-order valence-electron chi connectivity index (χ3n) is 2.89. The van der Waals surface area contributed by atoms with Gasteiger partial charge in [-0.2, -0.15) is 0 Å². The Balaban J connectivity index is 1.75. The summed E-state index contributed by atoms with van der Waals surface area (Å²) in [5.74, 6) is 6.54. The van der Waals surface area contributed by atoms with E-state index < -0.39 is 0 Å². The first kappa shape index (κ1) is 11.1. The molecule has 2 aliphatic heterocycles. The molecule has 1 N–H and O–H groups in total. The molecule has 0 aliphatic carbocycles. The molecule has 0 saturated carbocycles. The van der Waals surface area contributed by atoms with Gasteiger partial charge in [0, 0.05) is 18.0 Å². The number of carbonyl (C=O) groups excluding carboxylic acids is 1. The molecule has 1 aromatic heterocycles. The highest BCUT2D eigenvalue weighted by Gasteiger charge is 2.24. The first-order chi connectivity index (χ1) is 8.81. The summed E-state index contributed by atoms with van der Waals surface area (Å²) in [7, 11) is 0. The Hall–Kier alpha value is -2.06. The van der Waals surface area contributed by atoms with Crippen molar-refractivity contribution in [3.05, 3.63) is 29.6 Å². The van der Waals surface area contributed by atoms with Crippen molar-refractivity contribution >= 4 is 6.09 Å².